The van der Waals surface area contributed by atoms with Crippen LogP contribution in [-0.4, -0.2) is 41.6 Å². The van der Waals surface area contributed by atoms with Gasteiger partial charge in [-0.25, -0.2) is 0 Å². The largest absolute Gasteiger partial charge is 0.351 e. The van der Waals surface area contributed by atoms with E-state index in [0.29, 0.717) is 6.04 Å². The lowest BCUT2D eigenvalue weighted by molar-refractivity contribution is 0.0954. The van der Waals surface area contributed by atoms with Crippen LogP contribution in [0.5, 0.6) is 0 Å². The number of carbonyl (C=O) groups is 1. The maximum absolute atomic E-state index is 12.3. The molecule has 1 aliphatic heterocycles. The number of fused-ring (bicyclic) bond motifs is 1. The maximum atomic E-state index is 12.3. The molecule has 5 heteroatoms. The summed E-state index contributed by atoms with van der Waals surface area (Å²) in [5.41, 5.74) is 0. The van der Waals surface area contributed by atoms with Crippen LogP contribution >= 0.6 is 11.3 Å². The molecule has 1 saturated carbocycles. The van der Waals surface area contributed by atoms with E-state index in [-0.39, 0.29) is 5.91 Å². The Balaban J connectivity index is 1.23. The van der Waals surface area contributed by atoms with Gasteiger partial charge in [-0.05, 0) is 63.7 Å². The highest BCUT2D eigenvalue weighted by Gasteiger charge is 2.24. The van der Waals surface area contributed by atoms with Gasteiger partial charge in [-0.1, -0.05) is 6.92 Å². The zero-order valence-corrected chi connectivity index (χ0v) is 15.3. The number of aromatic nitrogens is 1. The number of piperidine rings is 1. The molecule has 130 valence electrons. The van der Waals surface area contributed by atoms with E-state index in [9.17, 15) is 4.79 Å². The van der Waals surface area contributed by atoms with E-state index in [2.05, 4.69) is 34.1 Å². The highest BCUT2D eigenvalue weighted by molar-refractivity contribution is 7.20. The van der Waals surface area contributed by atoms with E-state index in [1.807, 2.05) is 6.07 Å². The Morgan fingerprint density at radius 2 is 2.04 bits per heavy atom. The Kier molecular flexibility index (Phi) is 4.63. The van der Waals surface area contributed by atoms with E-state index in [0.717, 1.165) is 30.3 Å². The molecular formula is C19H27N3OS. The second-order valence-corrected chi connectivity index (χ2v) is 8.58. The second-order valence-electron chi connectivity index (χ2n) is 7.50. The molecule has 1 aliphatic carbocycles. The lowest BCUT2D eigenvalue weighted by Gasteiger charge is -2.30. The molecule has 0 atom stereocenters. The van der Waals surface area contributed by atoms with Gasteiger partial charge < -0.3 is 14.8 Å². The molecule has 3 heterocycles. The zero-order chi connectivity index (χ0) is 16.5. The molecule has 0 radical (unpaired) electrons. The molecule has 24 heavy (non-hydrogen) atoms. The summed E-state index contributed by atoms with van der Waals surface area (Å²) in [7, 11) is 0. The monoisotopic (exact) mass is 345 g/mol. The molecule has 2 aliphatic rings. The normalized spacial score (nSPS) is 19.9. The van der Waals surface area contributed by atoms with Crippen LogP contribution < -0.4 is 5.32 Å². The van der Waals surface area contributed by atoms with Crippen molar-refractivity contribution in [3.8, 4) is 0 Å². The van der Waals surface area contributed by atoms with E-state index in [1.54, 1.807) is 11.3 Å². The van der Waals surface area contributed by atoms with Gasteiger partial charge >= 0.3 is 0 Å². The number of likely N-dealkylation sites (tertiary alicyclic amines) is 1. The van der Waals surface area contributed by atoms with Crippen molar-refractivity contribution < 1.29 is 4.79 Å². The van der Waals surface area contributed by atoms with Gasteiger partial charge in [0.2, 0.25) is 0 Å². The molecule has 2 fully saturated rings. The minimum absolute atomic E-state index is 0.0847. The standard InChI is InChI=1S/C19H27N3OS/c1-14-5-9-21(10-6-14)8-2-7-20-19(23)17-11-15-12-22(16-3-4-16)13-18(15)24-17/h11-14,16H,2-10H2,1H3,(H,20,23). The van der Waals surface area contributed by atoms with Crippen molar-refractivity contribution in [2.75, 3.05) is 26.2 Å². The van der Waals surface area contributed by atoms with E-state index in [1.165, 1.54) is 48.9 Å². The fraction of sp³-hybridized carbons (Fsp3) is 0.632. The summed E-state index contributed by atoms with van der Waals surface area (Å²) in [6, 6.07) is 2.75. The summed E-state index contributed by atoms with van der Waals surface area (Å²) in [6.45, 7) is 6.65. The predicted octanol–water partition coefficient (Wildman–Crippen LogP) is 3.89. The fourth-order valence-electron chi connectivity index (χ4n) is 3.53. The van der Waals surface area contributed by atoms with Gasteiger partial charge in [-0.3, -0.25) is 4.79 Å². The van der Waals surface area contributed by atoms with Gasteiger partial charge in [0, 0.05) is 30.4 Å². The Bertz CT molecular complexity index is 676. The minimum Gasteiger partial charge on any atom is -0.351 e. The second kappa shape index (κ2) is 6.89. The third-order valence-electron chi connectivity index (χ3n) is 5.35. The van der Waals surface area contributed by atoms with Gasteiger partial charge in [-0.2, -0.15) is 0 Å². The lowest BCUT2D eigenvalue weighted by Crippen LogP contribution is -2.35. The number of nitrogens with zero attached hydrogens (tertiary/aromatic N) is 2. The summed E-state index contributed by atoms with van der Waals surface area (Å²) < 4.78 is 3.54. The smallest absolute Gasteiger partial charge is 0.261 e. The van der Waals surface area contributed by atoms with Gasteiger partial charge in [0.15, 0.2) is 0 Å². The number of hydrogen-bond acceptors (Lipinski definition) is 3. The average molecular weight is 346 g/mol. The number of nitrogens with one attached hydrogen (secondary N) is 1. The van der Waals surface area contributed by atoms with E-state index in [4.69, 9.17) is 0 Å². The number of rotatable bonds is 6. The topological polar surface area (TPSA) is 37.3 Å². The van der Waals surface area contributed by atoms with Crippen molar-refractivity contribution in [3.05, 3.63) is 23.3 Å². The van der Waals surface area contributed by atoms with Crippen LogP contribution in [-0.2, 0) is 0 Å². The Labute approximate surface area is 147 Å². The maximum Gasteiger partial charge on any atom is 0.261 e. The molecule has 4 rings (SSSR count). The van der Waals surface area contributed by atoms with Crippen molar-refractivity contribution in [1.82, 2.24) is 14.8 Å². The Morgan fingerprint density at radius 3 is 2.75 bits per heavy atom. The summed E-state index contributed by atoms with van der Waals surface area (Å²) >= 11 is 1.61. The van der Waals surface area contributed by atoms with Gasteiger partial charge in [0.25, 0.3) is 5.91 Å². The SMILES string of the molecule is CC1CCN(CCCNC(=O)c2cc3cn(C4CC4)cc3s2)CC1. The summed E-state index contributed by atoms with van der Waals surface area (Å²) in [5.74, 6) is 0.965. The molecule has 2 aromatic heterocycles. The third-order valence-corrected chi connectivity index (χ3v) is 6.43. The third kappa shape index (κ3) is 3.67. The Hall–Kier alpha value is -1.33. The summed E-state index contributed by atoms with van der Waals surface area (Å²) in [5, 5.41) is 4.29. The molecule has 4 nitrogen and oxygen atoms in total. The molecule has 1 saturated heterocycles. The molecule has 0 unspecified atom stereocenters. The highest BCUT2D eigenvalue weighted by Crippen LogP contribution is 2.38. The van der Waals surface area contributed by atoms with Crippen LogP contribution in [0.4, 0.5) is 0 Å². The van der Waals surface area contributed by atoms with Crippen molar-refractivity contribution in [3.63, 3.8) is 0 Å². The van der Waals surface area contributed by atoms with Crippen LogP contribution in [0.15, 0.2) is 18.5 Å². The van der Waals surface area contributed by atoms with Gasteiger partial charge in [0.05, 0.1) is 9.58 Å². The minimum atomic E-state index is 0.0847. The van der Waals surface area contributed by atoms with E-state index >= 15 is 0 Å². The summed E-state index contributed by atoms with van der Waals surface area (Å²) in [4.78, 5) is 15.7. The molecule has 1 amide bonds. The number of carbonyl (C=O) groups excluding carboxylic acids is 1. The van der Waals surface area contributed by atoms with Crippen molar-refractivity contribution >= 4 is 27.3 Å². The van der Waals surface area contributed by atoms with Gasteiger partial charge in [0.1, 0.15) is 0 Å². The quantitative estimate of drug-likeness (QED) is 0.807. The molecule has 2 aromatic rings. The van der Waals surface area contributed by atoms with Crippen molar-refractivity contribution in [2.45, 2.75) is 45.1 Å². The zero-order valence-electron chi connectivity index (χ0n) is 14.5. The van der Waals surface area contributed by atoms with Crippen LogP contribution in [0.2, 0.25) is 0 Å². The first-order chi connectivity index (χ1) is 11.7. The van der Waals surface area contributed by atoms with Crippen LogP contribution in [0, 0.1) is 5.92 Å². The molecular weight excluding hydrogens is 318 g/mol. The lowest BCUT2D eigenvalue weighted by atomic mass is 9.99. The molecule has 1 N–H and O–H groups in total. The van der Waals surface area contributed by atoms with Crippen LogP contribution in [0.25, 0.3) is 10.1 Å². The van der Waals surface area contributed by atoms with Crippen LogP contribution in [0.3, 0.4) is 0 Å². The van der Waals surface area contributed by atoms with E-state index < -0.39 is 0 Å². The highest BCUT2D eigenvalue weighted by atomic mass is 32.1. The Morgan fingerprint density at radius 1 is 1.25 bits per heavy atom. The van der Waals surface area contributed by atoms with Crippen molar-refractivity contribution in [1.29, 1.82) is 0 Å². The number of thiophene rings is 1. The first kappa shape index (κ1) is 16.2. The van der Waals surface area contributed by atoms with Crippen molar-refractivity contribution in [2.24, 2.45) is 5.92 Å². The number of hydrogen-bond donors (Lipinski definition) is 1. The molecule has 0 aromatic carbocycles. The van der Waals surface area contributed by atoms with Gasteiger partial charge in [-0.15, -0.1) is 11.3 Å². The predicted molar refractivity (Wildman–Crippen MR) is 99.9 cm³/mol. The van der Waals surface area contributed by atoms with Crippen LogP contribution in [0.1, 0.15) is 54.7 Å². The first-order valence-electron chi connectivity index (χ1n) is 9.30. The number of amides is 1. The summed E-state index contributed by atoms with van der Waals surface area (Å²) in [6.07, 6.45) is 10.7. The fourth-order valence-corrected chi connectivity index (χ4v) is 4.52. The molecule has 0 spiro atoms. The average Bonchev–Trinajstić information content (AvgIpc) is 3.23. The molecule has 0 bridgehead atoms. The first-order valence-corrected chi connectivity index (χ1v) is 10.1.